The van der Waals surface area contributed by atoms with Crippen molar-refractivity contribution in [3.05, 3.63) is 18.2 Å². The number of unbranched alkanes of at least 4 members (excludes halogenated alkanes) is 1. The molecule has 0 spiro atoms. The number of fused-ring (bicyclic) bond motifs is 1. The molecule has 0 saturated heterocycles. The van der Waals surface area contributed by atoms with Gasteiger partial charge in [-0.25, -0.2) is 0 Å². The molecule has 3 N–H and O–H groups in total. The summed E-state index contributed by atoms with van der Waals surface area (Å²) in [6.45, 7) is 3.82. The van der Waals surface area contributed by atoms with E-state index in [-0.39, 0.29) is 24.4 Å². The number of amides is 1. The van der Waals surface area contributed by atoms with Gasteiger partial charge < -0.3 is 20.5 Å². The fourth-order valence-corrected chi connectivity index (χ4v) is 3.25. The fourth-order valence-electron chi connectivity index (χ4n) is 2.37. The molecule has 0 radical (unpaired) electrons. The van der Waals surface area contributed by atoms with Crippen LogP contribution in [0.15, 0.2) is 23.1 Å². The molecule has 24 heavy (non-hydrogen) atoms. The molecule has 1 heterocycles. The maximum atomic E-state index is 12.0. The van der Waals surface area contributed by atoms with Crippen molar-refractivity contribution in [1.29, 1.82) is 0 Å². The summed E-state index contributed by atoms with van der Waals surface area (Å²) in [5.74, 6) is 2.38. The number of hydrogen-bond acceptors (Lipinski definition) is 5. The zero-order valence-electron chi connectivity index (χ0n) is 14.1. The van der Waals surface area contributed by atoms with Gasteiger partial charge in [-0.15, -0.1) is 24.2 Å². The normalized spacial score (nSPS) is 13.8. The number of rotatable bonds is 9. The molecule has 1 aromatic carbocycles. The number of carbonyl (C=O) groups is 1. The van der Waals surface area contributed by atoms with Crippen LogP contribution in [0, 0.1) is 0 Å². The van der Waals surface area contributed by atoms with Crippen LogP contribution in [0.1, 0.15) is 32.6 Å². The number of thioether (sulfide) groups is 1. The number of benzene rings is 1. The predicted molar refractivity (Wildman–Crippen MR) is 101 cm³/mol. The molecule has 1 aliphatic rings. The van der Waals surface area contributed by atoms with Crippen molar-refractivity contribution in [2.24, 2.45) is 5.73 Å². The Bertz CT molecular complexity index is 517. The van der Waals surface area contributed by atoms with E-state index < -0.39 is 0 Å². The van der Waals surface area contributed by atoms with Crippen molar-refractivity contribution in [2.75, 3.05) is 25.5 Å². The lowest BCUT2D eigenvalue weighted by Crippen LogP contribution is -2.40. The van der Waals surface area contributed by atoms with Gasteiger partial charge in [0.1, 0.15) is 13.2 Å². The molecule has 0 saturated carbocycles. The van der Waals surface area contributed by atoms with E-state index in [2.05, 4.69) is 12.2 Å². The van der Waals surface area contributed by atoms with Gasteiger partial charge in [-0.3, -0.25) is 4.79 Å². The molecular formula is C17H27ClN2O3S. The summed E-state index contributed by atoms with van der Waals surface area (Å²) < 4.78 is 11.1. The summed E-state index contributed by atoms with van der Waals surface area (Å²) in [6.07, 6.45) is 3.65. The maximum Gasteiger partial charge on any atom is 0.221 e. The first-order valence-electron chi connectivity index (χ1n) is 8.24. The first kappa shape index (κ1) is 20.9. The van der Waals surface area contributed by atoms with Gasteiger partial charge in [-0.05, 0) is 24.6 Å². The lowest BCUT2D eigenvalue weighted by molar-refractivity contribution is -0.121. The summed E-state index contributed by atoms with van der Waals surface area (Å²) in [5, 5.41) is 3.02. The summed E-state index contributed by atoms with van der Waals surface area (Å²) >= 11 is 1.65. The second kappa shape index (κ2) is 11.4. The van der Waals surface area contributed by atoms with Crippen molar-refractivity contribution in [3.63, 3.8) is 0 Å². The second-order valence-electron chi connectivity index (χ2n) is 5.55. The number of halogens is 1. The highest BCUT2D eigenvalue weighted by Crippen LogP contribution is 2.34. The molecule has 2 rings (SSSR count). The van der Waals surface area contributed by atoms with Gasteiger partial charge >= 0.3 is 0 Å². The molecule has 1 amide bonds. The van der Waals surface area contributed by atoms with Crippen molar-refractivity contribution in [3.8, 4) is 11.5 Å². The Labute approximate surface area is 154 Å². The maximum absolute atomic E-state index is 12.0. The van der Waals surface area contributed by atoms with E-state index in [0.29, 0.717) is 26.2 Å². The number of nitrogens with one attached hydrogen (secondary N) is 1. The van der Waals surface area contributed by atoms with Crippen molar-refractivity contribution in [2.45, 2.75) is 43.5 Å². The van der Waals surface area contributed by atoms with Gasteiger partial charge in [-0.1, -0.05) is 19.8 Å². The Morgan fingerprint density at radius 1 is 1.33 bits per heavy atom. The Hall–Kier alpha value is -1.11. The summed E-state index contributed by atoms with van der Waals surface area (Å²) in [4.78, 5) is 13.1. The van der Waals surface area contributed by atoms with Gasteiger partial charge in [0.05, 0.1) is 0 Å². The van der Waals surface area contributed by atoms with E-state index in [4.69, 9.17) is 15.2 Å². The largest absolute Gasteiger partial charge is 0.486 e. The van der Waals surface area contributed by atoms with Crippen LogP contribution >= 0.6 is 24.2 Å². The minimum absolute atomic E-state index is 0. The van der Waals surface area contributed by atoms with Crippen molar-refractivity contribution in [1.82, 2.24) is 5.32 Å². The molecule has 0 bridgehead atoms. The van der Waals surface area contributed by atoms with Crippen LogP contribution in [0.4, 0.5) is 0 Å². The van der Waals surface area contributed by atoms with Crippen molar-refractivity contribution >= 4 is 30.1 Å². The molecule has 1 aromatic rings. The van der Waals surface area contributed by atoms with E-state index >= 15 is 0 Å². The van der Waals surface area contributed by atoms with E-state index in [1.165, 1.54) is 0 Å². The lowest BCUT2D eigenvalue weighted by atomic mass is 10.1. The van der Waals surface area contributed by atoms with E-state index in [0.717, 1.165) is 41.4 Å². The highest BCUT2D eigenvalue weighted by Gasteiger charge is 2.13. The van der Waals surface area contributed by atoms with Crippen molar-refractivity contribution < 1.29 is 14.3 Å². The Kier molecular flexibility index (Phi) is 9.98. The molecule has 0 aromatic heterocycles. The van der Waals surface area contributed by atoms with E-state index in [9.17, 15) is 4.79 Å². The third kappa shape index (κ3) is 6.79. The zero-order chi connectivity index (χ0) is 16.5. The Morgan fingerprint density at radius 2 is 2.08 bits per heavy atom. The predicted octanol–water partition coefficient (Wildman–Crippen LogP) is 3.00. The van der Waals surface area contributed by atoms with Crippen LogP contribution < -0.4 is 20.5 Å². The smallest absolute Gasteiger partial charge is 0.221 e. The Morgan fingerprint density at radius 3 is 2.79 bits per heavy atom. The SMILES string of the molecule is CCCCC(CN)NC(=O)CCSc1ccc2c(c1)OCCO2.Cl. The van der Waals surface area contributed by atoms with Crippen LogP contribution in [0.2, 0.25) is 0 Å². The molecule has 1 aliphatic heterocycles. The molecule has 1 atom stereocenters. The number of ether oxygens (including phenoxy) is 2. The standard InChI is InChI=1S/C17H26N2O3S.ClH/c1-2-3-4-13(12-18)19-17(20)7-10-23-14-5-6-15-16(11-14)22-9-8-21-15;/h5-6,11,13H,2-4,7-10,12,18H2,1H3,(H,19,20);1H. The number of hydrogen-bond donors (Lipinski definition) is 2. The molecule has 7 heteroatoms. The second-order valence-corrected chi connectivity index (χ2v) is 6.71. The quantitative estimate of drug-likeness (QED) is 0.650. The monoisotopic (exact) mass is 374 g/mol. The first-order chi connectivity index (χ1) is 11.2. The highest BCUT2D eigenvalue weighted by atomic mass is 35.5. The molecule has 136 valence electrons. The van der Waals surface area contributed by atoms with E-state index in [1.807, 2.05) is 18.2 Å². The highest BCUT2D eigenvalue weighted by molar-refractivity contribution is 7.99. The topological polar surface area (TPSA) is 73.6 Å². The summed E-state index contributed by atoms with van der Waals surface area (Å²) in [5.41, 5.74) is 5.70. The van der Waals surface area contributed by atoms with Gasteiger partial charge in [0.25, 0.3) is 0 Å². The van der Waals surface area contributed by atoms with Crippen LogP contribution in [0.25, 0.3) is 0 Å². The fraction of sp³-hybridized carbons (Fsp3) is 0.588. The van der Waals surface area contributed by atoms with Crippen LogP contribution in [-0.2, 0) is 4.79 Å². The minimum atomic E-state index is 0. The molecule has 0 fully saturated rings. The molecular weight excluding hydrogens is 348 g/mol. The molecule has 5 nitrogen and oxygen atoms in total. The molecule has 1 unspecified atom stereocenters. The van der Waals surface area contributed by atoms with Gasteiger partial charge in [0.15, 0.2) is 11.5 Å². The Balaban J connectivity index is 0.00000288. The zero-order valence-corrected chi connectivity index (χ0v) is 15.7. The van der Waals surface area contributed by atoms with Gasteiger partial charge in [-0.2, -0.15) is 0 Å². The summed E-state index contributed by atoms with van der Waals surface area (Å²) in [7, 11) is 0. The van der Waals surface area contributed by atoms with Crippen LogP contribution in [0.5, 0.6) is 11.5 Å². The first-order valence-corrected chi connectivity index (χ1v) is 9.23. The third-order valence-electron chi connectivity index (χ3n) is 3.67. The summed E-state index contributed by atoms with van der Waals surface area (Å²) in [6, 6.07) is 5.99. The average molecular weight is 375 g/mol. The average Bonchev–Trinajstić information content (AvgIpc) is 2.58. The van der Waals surface area contributed by atoms with E-state index in [1.54, 1.807) is 11.8 Å². The minimum Gasteiger partial charge on any atom is -0.486 e. The van der Waals surface area contributed by atoms with Gasteiger partial charge in [0, 0.05) is 29.7 Å². The third-order valence-corrected chi connectivity index (χ3v) is 4.66. The van der Waals surface area contributed by atoms with Gasteiger partial charge in [0.2, 0.25) is 5.91 Å². The number of carbonyl (C=O) groups excluding carboxylic acids is 1. The van der Waals surface area contributed by atoms with Crippen LogP contribution in [0.3, 0.4) is 0 Å². The van der Waals surface area contributed by atoms with Crippen LogP contribution in [-0.4, -0.2) is 37.5 Å². The number of nitrogens with two attached hydrogens (primary N) is 1. The lowest BCUT2D eigenvalue weighted by Gasteiger charge is -2.19. The molecule has 0 aliphatic carbocycles.